The molecule has 1 amide bonds. The zero-order valence-corrected chi connectivity index (χ0v) is 11.1. The van der Waals surface area contributed by atoms with Gasteiger partial charge in [0, 0.05) is 6.54 Å². The molecule has 0 aromatic carbocycles. The molecule has 0 aromatic heterocycles. The predicted octanol–water partition coefficient (Wildman–Crippen LogP) is 1.27. The number of hydrogen-bond donors (Lipinski definition) is 3. The number of rotatable bonds is 8. The molecule has 1 aliphatic carbocycles. The summed E-state index contributed by atoms with van der Waals surface area (Å²) >= 11 is 0. The second-order valence-corrected chi connectivity index (χ2v) is 5.39. The van der Waals surface area contributed by atoms with E-state index in [0.717, 1.165) is 32.1 Å². The Kier molecular flexibility index (Phi) is 5.59. The summed E-state index contributed by atoms with van der Waals surface area (Å²) in [5.41, 5.74) is 5.53. The third kappa shape index (κ3) is 4.29. The van der Waals surface area contributed by atoms with Crippen molar-refractivity contribution in [3.63, 3.8) is 0 Å². The predicted molar refractivity (Wildman–Crippen MR) is 69.0 cm³/mol. The molecule has 1 rings (SSSR count). The molecule has 4 N–H and O–H groups in total. The molecule has 1 atom stereocenters. The van der Waals surface area contributed by atoms with Crippen LogP contribution in [0.15, 0.2) is 0 Å². The van der Waals surface area contributed by atoms with Crippen LogP contribution in [0, 0.1) is 5.41 Å². The Morgan fingerprint density at radius 1 is 1.44 bits per heavy atom. The van der Waals surface area contributed by atoms with Gasteiger partial charge in [0.05, 0.1) is 12.5 Å². The molecule has 0 aliphatic heterocycles. The number of unbranched alkanes of at least 4 members (excludes halogenated alkanes) is 1. The molecule has 0 saturated heterocycles. The van der Waals surface area contributed by atoms with Crippen LogP contribution in [-0.2, 0) is 9.59 Å². The quantitative estimate of drug-likeness (QED) is 0.609. The van der Waals surface area contributed by atoms with Crippen LogP contribution >= 0.6 is 0 Å². The fourth-order valence-electron chi connectivity index (χ4n) is 2.37. The van der Waals surface area contributed by atoms with Crippen molar-refractivity contribution in [2.45, 2.75) is 57.9 Å². The fraction of sp³-hybridized carbons (Fsp3) is 0.846. The van der Waals surface area contributed by atoms with Crippen molar-refractivity contribution in [1.82, 2.24) is 5.32 Å². The van der Waals surface area contributed by atoms with Gasteiger partial charge in [0.25, 0.3) is 0 Å². The molecule has 5 nitrogen and oxygen atoms in total. The van der Waals surface area contributed by atoms with Gasteiger partial charge >= 0.3 is 5.97 Å². The smallest absolute Gasteiger partial charge is 0.303 e. The van der Waals surface area contributed by atoms with Crippen LogP contribution in [0.2, 0.25) is 0 Å². The van der Waals surface area contributed by atoms with Gasteiger partial charge in [-0.15, -0.1) is 0 Å². The first kappa shape index (κ1) is 15.0. The standard InChI is InChI=1S/C13H24N2O3/c1-2-3-5-10(14)12(18)15-9-13(6-4-7-13)8-11(16)17/h10H,2-9,14H2,1H3,(H,15,18)(H,16,17). The SMILES string of the molecule is CCCCC(N)C(=O)NCC1(CC(=O)O)CCC1. The fourth-order valence-corrected chi connectivity index (χ4v) is 2.37. The molecule has 104 valence electrons. The van der Waals surface area contributed by atoms with Crippen LogP contribution in [-0.4, -0.2) is 29.6 Å². The van der Waals surface area contributed by atoms with Crippen LogP contribution in [0.25, 0.3) is 0 Å². The van der Waals surface area contributed by atoms with Crippen molar-refractivity contribution >= 4 is 11.9 Å². The number of amides is 1. The van der Waals surface area contributed by atoms with Gasteiger partial charge in [-0.05, 0) is 24.7 Å². The molecule has 0 radical (unpaired) electrons. The maximum atomic E-state index is 11.7. The summed E-state index contributed by atoms with van der Waals surface area (Å²) in [5, 5.41) is 11.7. The first-order valence-electron chi connectivity index (χ1n) is 6.74. The lowest BCUT2D eigenvalue weighted by Gasteiger charge is -2.41. The number of nitrogens with one attached hydrogen (secondary N) is 1. The van der Waals surface area contributed by atoms with Crippen molar-refractivity contribution in [3.05, 3.63) is 0 Å². The number of carbonyl (C=O) groups excluding carboxylic acids is 1. The Balaban J connectivity index is 2.34. The van der Waals surface area contributed by atoms with E-state index in [2.05, 4.69) is 12.2 Å². The van der Waals surface area contributed by atoms with Crippen molar-refractivity contribution in [3.8, 4) is 0 Å². The van der Waals surface area contributed by atoms with Gasteiger partial charge in [-0.3, -0.25) is 9.59 Å². The Morgan fingerprint density at radius 2 is 2.11 bits per heavy atom. The Labute approximate surface area is 108 Å². The van der Waals surface area contributed by atoms with E-state index in [4.69, 9.17) is 10.8 Å². The zero-order valence-electron chi connectivity index (χ0n) is 11.1. The minimum absolute atomic E-state index is 0.136. The van der Waals surface area contributed by atoms with Crippen molar-refractivity contribution < 1.29 is 14.7 Å². The van der Waals surface area contributed by atoms with E-state index in [9.17, 15) is 9.59 Å². The van der Waals surface area contributed by atoms with E-state index in [1.807, 2.05) is 0 Å². The van der Waals surface area contributed by atoms with Crippen LogP contribution < -0.4 is 11.1 Å². The van der Waals surface area contributed by atoms with Gasteiger partial charge in [0.2, 0.25) is 5.91 Å². The highest BCUT2D eigenvalue weighted by Gasteiger charge is 2.39. The second kappa shape index (κ2) is 6.73. The summed E-state index contributed by atoms with van der Waals surface area (Å²) in [6.07, 6.45) is 5.59. The lowest BCUT2D eigenvalue weighted by atomic mass is 9.66. The van der Waals surface area contributed by atoms with Gasteiger partial charge in [-0.2, -0.15) is 0 Å². The van der Waals surface area contributed by atoms with Crippen molar-refractivity contribution in [2.24, 2.45) is 11.1 Å². The third-order valence-corrected chi connectivity index (χ3v) is 3.78. The highest BCUT2D eigenvalue weighted by Crippen LogP contribution is 2.43. The van der Waals surface area contributed by atoms with E-state index in [-0.39, 0.29) is 17.7 Å². The summed E-state index contributed by atoms with van der Waals surface area (Å²) in [6, 6.07) is -0.466. The molecule has 1 saturated carbocycles. The van der Waals surface area contributed by atoms with Gasteiger partial charge in [-0.1, -0.05) is 26.2 Å². The molecule has 18 heavy (non-hydrogen) atoms. The average molecular weight is 256 g/mol. The molecular formula is C13H24N2O3. The second-order valence-electron chi connectivity index (χ2n) is 5.39. The number of aliphatic carboxylic acids is 1. The molecular weight excluding hydrogens is 232 g/mol. The van der Waals surface area contributed by atoms with E-state index in [1.54, 1.807) is 0 Å². The zero-order chi connectivity index (χ0) is 13.6. The van der Waals surface area contributed by atoms with Crippen molar-refractivity contribution in [1.29, 1.82) is 0 Å². The first-order valence-corrected chi connectivity index (χ1v) is 6.74. The number of carbonyl (C=O) groups is 2. The van der Waals surface area contributed by atoms with Crippen LogP contribution in [0.4, 0.5) is 0 Å². The molecule has 0 bridgehead atoms. The number of hydrogen-bond acceptors (Lipinski definition) is 3. The Morgan fingerprint density at radius 3 is 2.56 bits per heavy atom. The molecule has 0 aromatic rings. The normalized spacial score (nSPS) is 18.8. The minimum atomic E-state index is -0.792. The van der Waals surface area contributed by atoms with E-state index < -0.39 is 12.0 Å². The Bertz CT molecular complexity index is 301. The number of carboxylic acid groups (broad SMARTS) is 1. The molecule has 0 spiro atoms. The summed E-state index contributed by atoms with van der Waals surface area (Å²) in [5.74, 6) is -0.945. The third-order valence-electron chi connectivity index (χ3n) is 3.78. The van der Waals surface area contributed by atoms with E-state index >= 15 is 0 Å². The van der Waals surface area contributed by atoms with E-state index in [0.29, 0.717) is 13.0 Å². The summed E-state index contributed by atoms with van der Waals surface area (Å²) in [7, 11) is 0. The van der Waals surface area contributed by atoms with Crippen LogP contribution in [0.3, 0.4) is 0 Å². The molecule has 1 unspecified atom stereocenters. The number of carboxylic acids is 1. The summed E-state index contributed by atoms with van der Waals surface area (Å²) < 4.78 is 0. The minimum Gasteiger partial charge on any atom is -0.481 e. The van der Waals surface area contributed by atoms with Gasteiger partial charge in [0.15, 0.2) is 0 Å². The molecule has 1 aliphatic rings. The first-order chi connectivity index (χ1) is 8.49. The number of nitrogens with two attached hydrogens (primary N) is 1. The topological polar surface area (TPSA) is 92.4 Å². The maximum absolute atomic E-state index is 11.7. The lowest BCUT2D eigenvalue weighted by molar-refractivity contribution is -0.142. The van der Waals surface area contributed by atoms with Gasteiger partial charge in [-0.25, -0.2) is 0 Å². The van der Waals surface area contributed by atoms with Crippen LogP contribution in [0.5, 0.6) is 0 Å². The lowest BCUT2D eigenvalue weighted by Crippen LogP contribution is -2.48. The highest BCUT2D eigenvalue weighted by molar-refractivity contribution is 5.81. The molecule has 5 heteroatoms. The Hall–Kier alpha value is -1.10. The van der Waals surface area contributed by atoms with Crippen molar-refractivity contribution in [2.75, 3.05) is 6.54 Å². The van der Waals surface area contributed by atoms with Gasteiger partial charge < -0.3 is 16.2 Å². The summed E-state index contributed by atoms with van der Waals surface area (Å²) in [4.78, 5) is 22.5. The van der Waals surface area contributed by atoms with Crippen LogP contribution in [0.1, 0.15) is 51.9 Å². The average Bonchev–Trinajstić information content (AvgIpc) is 2.28. The van der Waals surface area contributed by atoms with Gasteiger partial charge in [0.1, 0.15) is 0 Å². The summed E-state index contributed by atoms with van der Waals surface area (Å²) in [6.45, 7) is 2.50. The highest BCUT2D eigenvalue weighted by atomic mass is 16.4. The molecule has 1 fully saturated rings. The van der Waals surface area contributed by atoms with E-state index in [1.165, 1.54) is 0 Å². The largest absolute Gasteiger partial charge is 0.481 e. The monoisotopic (exact) mass is 256 g/mol. The molecule has 0 heterocycles. The maximum Gasteiger partial charge on any atom is 0.303 e.